The molecule has 1 fully saturated rings. The van der Waals surface area contributed by atoms with E-state index in [9.17, 15) is 4.79 Å². The Morgan fingerprint density at radius 2 is 2.39 bits per heavy atom. The number of aryl methyl sites for hydroxylation is 1. The molecular formula is C14H19BrN2O. The Labute approximate surface area is 117 Å². The minimum atomic E-state index is 0.0933. The first-order chi connectivity index (χ1) is 8.72. The van der Waals surface area contributed by atoms with Crippen LogP contribution in [0.5, 0.6) is 0 Å². The Kier molecular flexibility index (Phi) is 4.75. The summed E-state index contributed by atoms with van der Waals surface area (Å²) in [6.07, 6.45) is 4.45. The summed E-state index contributed by atoms with van der Waals surface area (Å²) in [5.41, 5.74) is 1.48. The zero-order chi connectivity index (χ0) is 13.0. The van der Waals surface area contributed by atoms with Crippen LogP contribution in [0.25, 0.3) is 0 Å². The molecule has 1 unspecified atom stereocenters. The molecule has 1 aromatic heterocycles. The molecule has 1 amide bonds. The van der Waals surface area contributed by atoms with Crippen molar-refractivity contribution in [1.82, 2.24) is 9.88 Å². The number of alkyl halides is 1. The van der Waals surface area contributed by atoms with E-state index < -0.39 is 0 Å². The normalized spacial score (nSPS) is 19.2. The molecule has 1 atom stereocenters. The number of halogens is 1. The molecule has 0 aliphatic carbocycles. The smallest absolute Gasteiger partial charge is 0.272 e. The van der Waals surface area contributed by atoms with E-state index in [1.54, 1.807) is 0 Å². The van der Waals surface area contributed by atoms with Gasteiger partial charge in [0.05, 0.1) is 0 Å². The van der Waals surface area contributed by atoms with Gasteiger partial charge >= 0.3 is 0 Å². The maximum atomic E-state index is 12.4. The molecule has 1 aliphatic heterocycles. The minimum absolute atomic E-state index is 0.0933. The summed E-state index contributed by atoms with van der Waals surface area (Å²) in [4.78, 5) is 18.8. The van der Waals surface area contributed by atoms with Crippen molar-refractivity contribution < 1.29 is 4.79 Å². The highest BCUT2D eigenvalue weighted by Crippen LogP contribution is 2.23. The molecule has 2 heterocycles. The number of rotatable bonds is 4. The van der Waals surface area contributed by atoms with E-state index in [0.717, 1.165) is 43.3 Å². The van der Waals surface area contributed by atoms with Gasteiger partial charge in [0.15, 0.2) is 0 Å². The van der Waals surface area contributed by atoms with Gasteiger partial charge in [-0.15, -0.1) is 0 Å². The molecule has 0 N–H and O–H groups in total. The van der Waals surface area contributed by atoms with Crippen LogP contribution in [-0.2, 0) is 0 Å². The number of carbonyl (C=O) groups is 1. The number of hydrogen-bond acceptors (Lipinski definition) is 2. The van der Waals surface area contributed by atoms with E-state index in [1.807, 2.05) is 30.0 Å². The molecule has 0 saturated carbocycles. The lowest BCUT2D eigenvalue weighted by atomic mass is 10.1. The fourth-order valence-corrected chi connectivity index (χ4v) is 2.85. The first kappa shape index (κ1) is 13.5. The van der Waals surface area contributed by atoms with Gasteiger partial charge in [-0.05, 0) is 44.7 Å². The van der Waals surface area contributed by atoms with Crippen LogP contribution in [0, 0.1) is 6.92 Å². The van der Waals surface area contributed by atoms with E-state index in [1.165, 1.54) is 0 Å². The SMILES string of the molecule is Cc1cccc(C(=O)N2CCCC2CCCBr)n1. The summed E-state index contributed by atoms with van der Waals surface area (Å²) in [7, 11) is 0. The molecule has 98 valence electrons. The third kappa shape index (κ3) is 3.10. The topological polar surface area (TPSA) is 33.2 Å². The maximum Gasteiger partial charge on any atom is 0.272 e. The van der Waals surface area contributed by atoms with E-state index in [-0.39, 0.29) is 5.91 Å². The molecule has 18 heavy (non-hydrogen) atoms. The Balaban J connectivity index is 2.08. The Bertz CT molecular complexity index is 422. The van der Waals surface area contributed by atoms with Gasteiger partial charge in [-0.25, -0.2) is 4.98 Å². The van der Waals surface area contributed by atoms with Crippen molar-refractivity contribution in [3.63, 3.8) is 0 Å². The number of pyridine rings is 1. The summed E-state index contributed by atoms with van der Waals surface area (Å²) in [6.45, 7) is 2.80. The second-order valence-corrected chi connectivity index (χ2v) is 5.58. The summed E-state index contributed by atoms with van der Waals surface area (Å²) >= 11 is 3.45. The summed E-state index contributed by atoms with van der Waals surface area (Å²) in [5.74, 6) is 0.0933. The van der Waals surface area contributed by atoms with Crippen molar-refractivity contribution in [2.45, 2.75) is 38.6 Å². The maximum absolute atomic E-state index is 12.4. The van der Waals surface area contributed by atoms with Crippen LogP contribution in [0.15, 0.2) is 18.2 Å². The fourth-order valence-electron chi connectivity index (χ4n) is 2.53. The van der Waals surface area contributed by atoms with Crippen LogP contribution < -0.4 is 0 Å². The number of nitrogens with zero attached hydrogens (tertiary/aromatic N) is 2. The first-order valence-electron chi connectivity index (χ1n) is 6.53. The molecule has 1 aliphatic rings. The molecule has 2 rings (SSSR count). The van der Waals surface area contributed by atoms with Gasteiger partial charge < -0.3 is 4.90 Å². The highest BCUT2D eigenvalue weighted by Gasteiger charge is 2.29. The van der Waals surface area contributed by atoms with Crippen LogP contribution in [-0.4, -0.2) is 33.7 Å². The first-order valence-corrected chi connectivity index (χ1v) is 7.65. The lowest BCUT2D eigenvalue weighted by molar-refractivity contribution is 0.0724. The summed E-state index contributed by atoms with van der Waals surface area (Å²) in [5, 5.41) is 1.01. The van der Waals surface area contributed by atoms with Crippen molar-refractivity contribution in [3.8, 4) is 0 Å². The molecule has 1 saturated heterocycles. The molecule has 0 bridgehead atoms. The van der Waals surface area contributed by atoms with Crippen LogP contribution in [0.2, 0.25) is 0 Å². The van der Waals surface area contributed by atoms with E-state index in [4.69, 9.17) is 0 Å². The average Bonchev–Trinajstić information content (AvgIpc) is 2.83. The van der Waals surface area contributed by atoms with Gasteiger partial charge in [0.2, 0.25) is 0 Å². The van der Waals surface area contributed by atoms with Crippen molar-refractivity contribution in [2.75, 3.05) is 11.9 Å². The Morgan fingerprint density at radius 1 is 1.56 bits per heavy atom. The Morgan fingerprint density at radius 3 is 3.11 bits per heavy atom. The molecular weight excluding hydrogens is 292 g/mol. The number of likely N-dealkylation sites (tertiary alicyclic amines) is 1. The molecule has 0 aromatic carbocycles. The average molecular weight is 311 g/mol. The quantitative estimate of drug-likeness (QED) is 0.800. The number of amides is 1. The Hall–Kier alpha value is -0.900. The standard InChI is InChI=1S/C14H19BrN2O/c1-11-5-2-8-13(16-11)14(18)17-10-4-7-12(17)6-3-9-15/h2,5,8,12H,3-4,6-7,9-10H2,1H3. The molecule has 4 heteroatoms. The second kappa shape index (κ2) is 6.32. The number of hydrogen-bond donors (Lipinski definition) is 0. The molecule has 0 spiro atoms. The minimum Gasteiger partial charge on any atom is -0.334 e. The van der Waals surface area contributed by atoms with Crippen molar-refractivity contribution in [2.24, 2.45) is 0 Å². The van der Waals surface area contributed by atoms with Gasteiger partial charge in [0, 0.05) is 23.6 Å². The zero-order valence-corrected chi connectivity index (χ0v) is 12.3. The lowest BCUT2D eigenvalue weighted by Gasteiger charge is -2.24. The summed E-state index contributed by atoms with van der Waals surface area (Å²) < 4.78 is 0. The second-order valence-electron chi connectivity index (χ2n) is 4.79. The largest absolute Gasteiger partial charge is 0.334 e. The van der Waals surface area contributed by atoms with Gasteiger partial charge in [0.1, 0.15) is 5.69 Å². The van der Waals surface area contributed by atoms with Crippen LogP contribution >= 0.6 is 15.9 Å². The van der Waals surface area contributed by atoms with Crippen molar-refractivity contribution in [1.29, 1.82) is 0 Å². The monoisotopic (exact) mass is 310 g/mol. The van der Waals surface area contributed by atoms with Gasteiger partial charge in [0.25, 0.3) is 5.91 Å². The highest BCUT2D eigenvalue weighted by atomic mass is 79.9. The zero-order valence-electron chi connectivity index (χ0n) is 10.7. The highest BCUT2D eigenvalue weighted by molar-refractivity contribution is 9.09. The predicted octanol–water partition coefficient (Wildman–Crippen LogP) is 3.17. The summed E-state index contributed by atoms with van der Waals surface area (Å²) in [6, 6.07) is 6.04. The van der Waals surface area contributed by atoms with Crippen molar-refractivity contribution in [3.05, 3.63) is 29.6 Å². The predicted molar refractivity (Wildman–Crippen MR) is 76.1 cm³/mol. The number of aromatic nitrogens is 1. The third-order valence-corrected chi connectivity index (χ3v) is 3.98. The van der Waals surface area contributed by atoms with Crippen LogP contribution in [0.3, 0.4) is 0 Å². The molecule has 3 nitrogen and oxygen atoms in total. The number of carbonyl (C=O) groups excluding carboxylic acids is 1. The van der Waals surface area contributed by atoms with E-state index in [2.05, 4.69) is 20.9 Å². The third-order valence-electron chi connectivity index (χ3n) is 3.42. The van der Waals surface area contributed by atoms with Gasteiger partial charge in [-0.1, -0.05) is 22.0 Å². The van der Waals surface area contributed by atoms with E-state index in [0.29, 0.717) is 11.7 Å². The van der Waals surface area contributed by atoms with Gasteiger partial charge in [-0.3, -0.25) is 4.79 Å². The lowest BCUT2D eigenvalue weighted by Crippen LogP contribution is -2.36. The van der Waals surface area contributed by atoms with Gasteiger partial charge in [-0.2, -0.15) is 0 Å². The van der Waals surface area contributed by atoms with Crippen LogP contribution in [0.1, 0.15) is 41.9 Å². The fraction of sp³-hybridized carbons (Fsp3) is 0.571. The van der Waals surface area contributed by atoms with Crippen molar-refractivity contribution >= 4 is 21.8 Å². The molecule has 0 radical (unpaired) electrons. The molecule has 1 aromatic rings. The van der Waals surface area contributed by atoms with Crippen LogP contribution in [0.4, 0.5) is 0 Å². The van der Waals surface area contributed by atoms with E-state index >= 15 is 0 Å².